The molecule has 4 N–H and O–H groups in total. The molecule has 3 aliphatic rings. The van der Waals surface area contributed by atoms with Crippen molar-refractivity contribution in [3.63, 3.8) is 0 Å². The van der Waals surface area contributed by atoms with Gasteiger partial charge in [0, 0.05) is 30.2 Å². The summed E-state index contributed by atoms with van der Waals surface area (Å²) < 4.78 is 29.6. The lowest BCUT2D eigenvalue weighted by Gasteiger charge is -2.38. The highest BCUT2D eigenvalue weighted by Gasteiger charge is 2.39. The van der Waals surface area contributed by atoms with Gasteiger partial charge in [0.05, 0.1) is 23.1 Å². The van der Waals surface area contributed by atoms with Gasteiger partial charge in [0.2, 0.25) is 0 Å². The van der Waals surface area contributed by atoms with Gasteiger partial charge in [0.25, 0.3) is 5.91 Å². The average Bonchev–Trinajstić information content (AvgIpc) is 3.40. The summed E-state index contributed by atoms with van der Waals surface area (Å²) in [5, 5.41) is 0.773. The van der Waals surface area contributed by atoms with E-state index in [1.54, 1.807) is 16.5 Å². The van der Waals surface area contributed by atoms with Crippen LogP contribution in [0.2, 0.25) is 0 Å². The molecule has 0 saturated carbocycles. The molecule has 0 radical (unpaired) electrons. The minimum Gasteiger partial charge on any atom is -0.368 e. The summed E-state index contributed by atoms with van der Waals surface area (Å²) in [7, 11) is 0. The molecule has 2 atom stereocenters. The van der Waals surface area contributed by atoms with E-state index >= 15 is 0 Å². The minimum atomic E-state index is -0.808. The van der Waals surface area contributed by atoms with Gasteiger partial charge in [0.1, 0.15) is 22.7 Å². The number of piperidine rings is 1. The van der Waals surface area contributed by atoms with Crippen LogP contribution in [0.3, 0.4) is 0 Å². The zero-order valence-electron chi connectivity index (χ0n) is 17.6. The Morgan fingerprint density at radius 3 is 2.69 bits per heavy atom. The monoisotopic (exact) mass is 457 g/mol. The Morgan fingerprint density at radius 1 is 1.19 bits per heavy atom. The molecule has 5 rings (SSSR count). The van der Waals surface area contributed by atoms with Crippen molar-refractivity contribution in [3.05, 3.63) is 64.0 Å². The summed E-state index contributed by atoms with van der Waals surface area (Å²) in [6.45, 7) is 1.51. The van der Waals surface area contributed by atoms with E-state index in [-0.39, 0.29) is 17.3 Å². The molecule has 1 fully saturated rings. The van der Waals surface area contributed by atoms with Gasteiger partial charge < -0.3 is 21.3 Å². The fraction of sp³-hybridized carbons (Fsp3) is 0.391. The quantitative estimate of drug-likeness (QED) is 0.732. The van der Waals surface area contributed by atoms with Crippen LogP contribution in [0.15, 0.2) is 35.5 Å². The van der Waals surface area contributed by atoms with Crippen molar-refractivity contribution in [2.45, 2.75) is 43.5 Å². The van der Waals surface area contributed by atoms with Gasteiger partial charge in [-0.05, 0) is 49.8 Å². The number of carbonyl (C=O) groups excluding carboxylic acids is 1. The first-order valence-electron chi connectivity index (χ1n) is 10.9. The lowest BCUT2D eigenvalue weighted by atomic mass is 10.0. The molecule has 0 bridgehead atoms. The van der Waals surface area contributed by atoms with E-state index in [0.29, 0.717) is 12.2 Å². The number of pyridine rings is 1. The first kappa shape index (κ1) is 21.2. The van der Waals surface area contributed by atoms with E-state index in [1.165, 1.54) is 18.2 Å². The molecule has 1 saturated heterocycles. The van der Waals surface area contributed by atoms with Crippen LogP contribution in [-0.2, 0) is 17.6 Å². The van der Waals surface area contributed by atoms with Crippen molar-refractivity contribution < 1.29 is 13.6 Å². The van der Waals surface area contributed by atoms with E-state index in [4.69, 9.17) is 11.5 Å². The largest absolute Gasteiger partial charge is 0.368 e. The molecule has 1 amide bonds. The van der Waals surface area contributed by atoms with Crippen molar-refractivity contribution >= 4 is 29.0 Å². The third kappa shape index (κ3) is 3.53. The predicted octanol–water partition coefficient (Wildman–Crippen LogP) is 3.35. The minimum absolute atomic E-state index is 0.0423. The zero-order valence-corrected chi connectivity index (χ0v) is 18.4. The molecule has 1 unspecified atom stereocenters. The van der Waals surface area contributed by atoms with E-state index in [2.05, 4.69) is 9.88 Å². The number of hydrogen-bond acceptors (Lipinski definition) is 6. The molecule has 1 aromatic heterocycles. The van der Waals surface area contributed by atoms with Crippen LogP contribution in [0.25, 0.3) is 0 Å². The SMILES string of the molecule is NC(=O)C1=CSC(c2c(F)cccc2F)N1c1cnc2c(c1N1CCC[C@H](N)C1)CCC2. The molecule has 9 heteroatoms. The zero-order chi connectivity index (χ0) is 22.4. The number of nitrogens with two attached hydrogens (primary N) is 2. The lowest BCUT2D eigenvalue weighted by molar-refractivity contribution is -0.114. The molecular weight excluding hydrogens is 432 g/mol. The number of fused-ring (bicyclic) bond motifs is 1. The Bertz CT molecular complexity index is 1090. The summed E-state index contributed by atoms with van der Waals surface area (Å²) in [5.41, 5.74) is 15.8. The maximum Gasteiger partial charge on any atom is 0.265 e. The first-order chi connectivity index (χ1) is 15.5. The third-order valence-corrected chi connectivity index (χ3v) is 7.46. The van der Waals surface area contributed by atoms with Crippen molar-refractivity contribution in [2.75, 3.05) is 22.9 Å². The molecule has 6 nitrogen and oxygen atoms in total. The summed E-state index contributed by atoms with van der Waals surface area (Å²) >= 11 is 1.16. The maximum atomic E-state index is 14.8. The standard InChI is InChI=1S/C23H25F2N5OS/c24-15-6-2-7-16(25)20(15)23-30(19(12-32-23)22(27)31)18-10-28-17-8-1-5-14(17)21(18)29-9-3-4-13(26)11-29/h2,6-7,10,12-13,23H,1,3-5,8-9,11,26H2,(H2,27,31)/t13-,23?/m0/s1. The topological polar surface area (TPSA) is 88.5 Å². The number of thioether (sulfide) groups is 1. The number of carbonyl (C=O) groups is 1. The molecule has 0 spiro atoms. The molecule has 3 heterocycles. The first-order valence-corrected chi connectivity index (χ1v) is 11.8. The van der Waals surface area contributed by atoms with Crippen LogP contribution < -0.4 is 21.3 Å². The van der Waals surface area contributed by atoms with Gasteiger partial charge in [-0.2, -0.15) is 0 Å². The Morgan fingerprint density at radius 2 is 1.97 bits per heavy atom. The summed E-state index contributed by atoms with van der Waals surface area (Å²) in [6, 6.07) is 3.83. The molecule has 2 aromatic rings. The number of halogens is 2. The summed E-state index contributed by atoms with van der Waals surface area (Å²) in [6.07, 6.45) is 6.38. The van der Waals surface area contributed by atoms with Crippen LogP contribution in [0.4, 0.5) is 20.2 Å². The van der Waals surface area contributed by atoms with Gasteiger partial charge >= 0.3 is 0 Å². The Balaban J connectivity index is 1.69. The number of nitrogens with zero attached hydrogens (tertiary/aromatic N) is 3. The summed E-state index contributed by atoms with van der Waals surface area (Å²) in [4.78, 5) is 20.9. The molecule has 32 heavy (non-hydrogen) atoms. The molecule has 2 aliphatic heterocycles. The van der Waals surface area contributed by atoms with Crippen molar-refractivity contribution in [1.82, 2.24) is 4.98 Å². The van der Waals surface area contributed by atoms with Gasteiger partial charge in [-0.1, -0.05) is 6.07 Å². The van der Waals surface area contributed by atoms with Crippen molar-refractivity contribution in [3.8, 4) is 0 Å². The Labute approximate surface area is 189 Å². The van der Waals surface area contributed by atoms with Gasteiger partial charge in [-0.25, -0.2) is 8.78 Å². The number of anilines is 2. The van der Waals surface area contributed by atoms with E-state index < -0.39 is 22.9 Å². The summed E-state index contributed by atoms with van der Waals surface area (Å²) in [5.74, 6) is -1.98. The number of aryl methyl sites for hydroxylation is 1. The lowest BCUT2D eigenvalue weighted by Crippen LogP contribution is -2.44. The second-order valence-corrected chi connectivity index (χ2v) is 9.43. The average molecular weight is 458 g/mol. The van der Waals surface area contributed by atoms with Crippen molar-refractivity contribution in [1.29, 1.82) is 0 Å². The number of primary amides is 1. The molecule has 1 aliphatic carbocycles. The van der Waals surface area contributed by atoms with Crippen LogP contribution in [0, 0.1) is 11.6 Å². The second kappa shape index (κ2) is 8.37. The van der Waals surface area contributed by atoms with Crippen LogP contribution in [0.5, 0.6) is 0 Å². The fourth-order valence-electron chi connectivity index (χ4n) is 4.97. The number of rotatable bonds is 4. The van der Waals surface area contributed by atoms with Crippen molar-refractivity contribution in [2.24, 2.45) is 11.5 Å². The number of amides is 1. The van der Waals surface area contributed by atoms with Crippen LogP contribution in [0.1, 0.15) is 41.5 Å². The highest BCUT2D eigenvalue weighted by atomic mass is 32.2. The fourth-order valence-corrected chi connectivity index (χ4v) is 6.17. The van der Waals surface area contributed by atoms with Gasteiger partial charge in [-0.3, -0.25) is 9.78 Å². The number of benzene rings is 1. The number of hydrogen-bond donors (Lipinski definition) is 2. The number of aromatic nitrogens is 1. The maximum absolute atomic E-state index is 14.8. The van der Waals surface area contributed by atoms with E-state index in [0.717, 1.165) is 67.4 Å². The molecular formula is C23H25F2N5OS. The predicted molar refractivity (Wildman–Crippen MR) is 122 cm³/mol. The molecule has 1 aromatic carbocycles. The van der Waals surface area contributed by atoms with Gasteiger partial charge in [0.15, 0.2) is 0 Å². The van der Waals surface area contributed by atoms with Crippen LogP contribution in [-0.4, -0.2) is 30.0 Å². The highest BCUT2D eigenvalue weighted by molar-refractivity contribution is 8.02. The van der Waals surface area contributed by atoms with E-state index in [1.807, 2.05) is 0 Å². The van der Waals surface area contributed by atoms with Gasteiger partial charge in [-0.15, -0.1) is 11.8 Å². The Kier molecular flexibility index (Phi) is 5.54. The molecule has 168 valence electrons. The second-order valence-electron chi connectivity index (χ2n) is 8.48. The smallest absolute Gasteiger partial charge is 0.265 e. The van der Waals surface area contributed by atoms with Crippen LogP contribution >= 0.6 is 11.8 Å². The Hall–Kier alpha value is -2.65. The van der Waals surface area contributed by atoms with E-state index in [9.17, 15) is 13.6 Å². The third-order valence-electron chi connectivity index (χ3n) is 6.40. The highest BCUT2D eigenvalue weighted by Crippen LogP contribution is 2.51. The normalized spacial score (nSPS) is 22.8.